The zero-order valence-corrected chi connectivity index (χ0v) is 26.3. The van der Waals surface area contributed by atoms with Gasteiger partial charge in [0, 0.05) is 40.1 Å². The first-order chi connectivity index (χ1) is 20.3. The van der Waals surface area contributed by atoms with E-state index in [4.69, 9.17) is 11.6 Å². The van der Waals surface area contributed by atoms with Crippen LogP contribution in [0.2, 0.25) is 5.02 Å². The molecule has 6 nitrogen and oxygen atoms in total. The van der Waals surface area contributed by atoms with Crippen molar-refractivity contribution in [2.75, 3.05) is 42.9 Å². The van der Waals surface area contributed by atoms with Crippen molar-refractivity contribution in [3.8, 4) is 0 Å². The zero-order chi connectivity index (χ0) is 30.1. The molecule has 3 aromatic carbocycles. The van der Waals surface area contributed by atoms with Gasteiger partial charge in [0.1, 0.15) is 0 Å². The number of hydrogen-bond donors (Lipinski definition) is 2. The van der Waals surface area contributed by atoms with Crippen LogP contribution in [-0.4, -0.2) is 49.4 Å². The van der Waals surface area contributed by atoms with Gasteiger partial charge in [-0.25, -0.2) is 0 Å². The van der Waals surface area contributed by atoms with Crippen molar-refractivity contribution in [1.82, 2.24) is 10.2 Å². The van der Waals surface area contributed by atoms with Crippen molar-refractivity contribution in [2.24, 2.45) is 0 Å². The molecule has 1 aliphatic heterocycles. The minimum Gasteiger partial charge on any atom is -0.322 e. The number of benzene rings is 3. The molecule has 42 heavy (non-hydrogen) atoms. The second kappa shape index (κ2) is 15.3. The second-order valence-electron chi connectivity index (χ2n) is 11.2. The third kappa shape index (κ3) is 8.00. The van der Waals surface area contributed by atoms with E-state index in [0.29, 0.717) is 28.4 Å². The van der Waals surface area contributed by atoms with Gasteiger partial charge < -0.3 is 20.4 Å². The van der Waals surface area contributed by atoms with Gasteiger partial charge in [0.15, 0.2) is 0 Å². The second-order valence-corrected chi connectivity index (χ2v) is 11.6. The fourth-order valence-electron chi connectivity index (χ4n) is 5.81. The number of carbonyl (C=O) groups excluding carboxylic acids is 2. The highest BCUT2D eigenvalue weighted by Gasteiger charge is 2.28. The van der Waals surface area contributed by atoms with E-state index in [2.05, 4.69) is 29.4 Å². The number of carbonyl (C=O) groups is 2. The summed E-state index contributed by atoms with van der Waals surface area (Å²) in [4.78, 5) is 31.1. The molecular formula is C35H45ClN4O2. The lowest BCUT2D eigenvalue weighted by Gasteiger charge is -2.25. The number of unbranched alkanes of at least 4 members (excludes halogenated alkanes) is 2. The lowest BCUT2D eigenvalue weighted by atomic mass is 10.0. The molecule has 2 amide bonds. The Kier molecular flexibility index (Phi) is 11.6. The monoisotopic (exact) mass is 588 g/mol. The molecule has 7 heteroatoms. The van der Waals surface area contributed by atoms with Gasteiger partial charge >= 0.3 is 0 Å². The maximum Gasteiger partial charge on any atom is 0.258 e. The minimum atomic E-state index is -0.160. The number of rotatable bonds is 12. The largest absolute Gasteiger partial charge is 0.322 e. The van der Waals surface area contributed by atoms with E-state index >= 15 is 0 Å². The first-order valence-corrected chi connectivity index (χ1v) is 15.7. The van der Waals surface area contributed by atoms with Crippen LogP contribution < -0.4 is 15.5 Å². The van der Waals surface area contributed by atoms with Gasteiger partial charge in [0.25, 0.3) is 11.8 Å². The predicted octanol–water partition coefficient (Wildman–Crippen LogP) is 7.79. The summed E-state index contributed by atoms with van der Waals surface area (Å²) in [6.07, 6.45) is 5.37. The summed E-state index contributed by atoms with van der Waals surface area (Å²) in [5.41, 5.74) is 5.67. The molecule has 3 aromatic rings. The normalized spacial score (nSPS) is 14.9. The van der Waals surface area contributed by atoms with Gasteiger partial charge in [-0.15, -0.1) is 0 Å². The lowest BCUT2D eigenvalue weighted by Crippen LogP contribution is -2.32. The molecule has 1 heterocycles. The predicted molar refractivity (Wildman–Crippen MR) is 175 cm³/mol. The Morgan fingerprint density at radius 1 is 0.929 bits per heavy atom. The number of nitrogens with one attached hydrogen (secondary N) is 2. The molecule has 1 atom stereocenters. The zero-order valence-electron chi connectivity index (χ0n) is 25.5. The van der Waals surface area contributed by atoms with E-state index in [-0.39, 0.29) is 17.9 Å². The Bertz CT molecular complexity index is 1370. The fourth-order valence-corrected chi connectivity index (χ4v) is 5.99. The summed E-state index contributed by atoms with van der Waals surface area (Å²) in [6.45, 7) is 13.2. The van der Waals surface area contributed by atoms with Crippen LogP contribution in [0.5, 0.6) is 0 Å². The highest BCUT2D eigenvalue weighted by Crippen LogP contribution is 2.36. The van der Waals surface area contributed by atoms with Crippen LogP contribution in [0.3, 0.4) is 0 Å². The quantitative estimate of drug-likeness (QED) is 0.212. The number of nitrogens with zero attached hydrogens (tertiary/aromatic N) is 2. The third-order valence-corrected chi connectivity index (χ3v) is 8.55. The van der Waals surface area contributed by atoms with Crippen molar-refractivity contribution in [2.45, 2.75) is 65.8 Å². The molecule has 0 aromatic heterocycles. The molecule has 0 bridgehead atoms. The van der Waals surface area contributed by atoms with Crippen molar-refractivity contribution in [1.29, 1.82) is 0 Å². The number of anilines is 2. The molecular weight excluding hydrogens is 544 g/mol. The van der Waals surface area contributed by atoms with Crippen LogP contribution in [-0.2, 0) is 0 Å². The van der Waals surface area contributed by atoms with Gasteiger partial charge in [-0.1, -0.05) is 50.1 Å². The van der Waals surface area contributed by atoms with Crippen LogP contribution >= 0.6 is 11.6 Å². The molecule has 0 aliphatic carbocycles. The van der Waals surface area contributed by atoms with Crippen LogP contribution in [0.15, 0.2) is 60.7 Å². The Hall–Kier alpha value is -3.19. The molecule has 2 N–H and O–H groups in total. The molecule has 4 rings (SSSR count). The highest BCUT2D eigenvalue weighted by molar-refractivity contribution is 6.30. The van der Waals surface area contributed by atoms with E-state index in [9.17, 15) is 9.59 Å². The van der Waals surface area contributed by atoms with Gasteiger partial charge in [-0.05, 0) is 125 Å². The smallest absolute Gasteiger partial charge is 0.258 e. The number of hydrogen-bond acceptors (Lipinski definition) is 4. The maximum atomic E-state index is 13.9. The molecule has 224 valence electrons. The van der Waals surface area contributed by atoms with Gasteiger partial charge in [-0.2, -0.15) is 0 Å². The molecule has 0 saturated carbocycles. The van der Waals surface area contributed by atoms with Crippen molar-refractivity contribution >= 4 is 34.8 Å². The van der Waals surface area contributed by atoms with Gasteiger partial charge in [0.2, 0.25) is 0 Å². The van der Waals surface area contributed by atoms with E-state index < -0.39 is 0 Å². The number of halogens is 1. The summed E-state index contributed by atoms with van der Waals surface area (Å²) >= 11 is 6.47. The molecule has 0 saturated heterocycles. The Morgan fingerprint density at radius 2 is 1.71 bits per heavy atom. The SMILES string of the molecule is CCN(CC)CCCCCNC1CCCN(C(=O)c2ccc(NC(=O)c3ccccc3C)cc2C)c2ccc(Cl)cc21. The van der Waals surface area contributed by atoms with Crippen molar-refractivity contribution < 1.29 is 9.59 Å². The molecule has 0 fully saturated rings. The first kappa shape index (κ1) is 31.7. The highest BCUT2D eigenvalue weighted by atomic mass is 35.5. The topological polar surface area (TPSA) is 64.7 Å². The minimum absolute atomic E-state index is 0.0371. The summed E-state index contributed by atoms with van der Waals surface area (Å²) in [6, 6.07) is 19.0. The van der Waals surface area contributed by atoms with Gasteiger partial charge in [-0.3, -0.25) is 9.59 Å². The summed E-state index contributed by atoms with van der Waals surface area (Å²) in [7, 11) is 0. The summed E-state index contributed by atoms with van der Waals surface area (Å²) < 4.78 is 0. The average Bonchev–Trinajstić information content (AvgIpc) is 3.15. The van der Waals surface area contributed by atoms with Gasteiger partial charge in [0.05, 0.1) is 0 Å². The Labute approximate surface area is 256 Å². The van der Waals surface area contributed by atoms with Crippen LogP contribution in [0, 0.1) is 13.8 Å². The number of aryl methyl sites for hydroxylation is 2. The van der Waals surface area contributed by atoms with E-state index in [1.54, 1.807) is 0 Å². The lowest BCUT2D eigenvalue weighted by molar-refractivity contribution is 0.0985. The first-order valence-electron chi connectivity index (χ1n) is 15.4. The van der Waals surface area contributed by atoms with E-state index in [1.807, 2.05) is 79.4 Å². The van der Waals surface area contributed by atoms with E-state index in [0.717, 1.165) is 67.8 Å². The molecule has 1 aliphatic rings. The third-order valence-electron chi connectivity index (χ3n) is 8.32. The van der Waals surface area contributed by atoms with Crippen LogP contribution in [0.1, 0.15) is 89.4 Å². The maximum absolute atomic E-state index is 13.9. The molecule has 0 spiro atoms. The van der Waals surface area contributed by atoms with Crippen molar-refractivity contribution in [3.05, 3.63) is 93.5 Å². The van der Waals surface area contributed by atoms with Crippen LogP contribution in [0.25, 0.3) is 0 Å². The molecule has 1 unspecified atom stereocenters. The fraction of sp³-hybridized carbons (Fsp3) is 0.429. The van der Waals surface area contributed by atoms with E-state index in [1.165, 1.54) is 12.8 Å². The van der Waals surface area contributed by atoms with Crippen LogP contribution in [0.4, 0.5) is 11.4 Å². The van der Waals surface area contributed by atoms with Crippen molar-refractivity contribution in [3.63, 3.8) is 0 Å². The standard InChI is InChI=1S/C35H45ClN4O2/c1-5-39(6-2)21-11-7-10-20-37-32-15-12-22-40(33-19-16-27(36)24-31(32)33)35(42)30-18-17-28(23-26(30)4)38-34(41)29-14-9-8-13-25(29)3/h8-9,13-14,16-19,23-24,32,37H,5-7,10-12,15,20-22H2,1-4H3,(H,38,41). The average molecular weight is 589 g/mol. The Balaban J connectivity index is 1.44. The summed E-state index contributed by atoms with van der Waals surface area (Å²) in [5, 5.41) is 7.42. The Morgan fingerprint density at radius 3 is 2.45 bits per heavy atom. The number of fused-ring (bicyclic) bond motifs is 1. The summed E-state index contributed by atoms with van der Waals surface area (Å²) in [5.74, 6) is -0.197. The number of amides is 2. The molecule has 0 radical (unpaired) electrons.